The minimum Gasteiger partial charge on any atom is -0.507 e. The van der Waals surface area contributed by atoms with Crippen LogP contribution in [0.1, 0.15) is 22.7 Å². The number of carbonyl (C=O) groups excluding carboxylic acids is 2. The largest absolute Gasteiger partial charge is 0.507 e. The van der Waals surface area contributed by atoms with Crippen LogP contribution < -0.4 is 4.74 Å². The SMILES string of the molecule is COc1cccc(CN2C(=O)C(=O)/C(=C(\O)c3ccc(Br)cc3)C2c2cccnc2)c1. The smallest absolute Gasteiger partial charge is 0.295 e. The third-order valence-corrected chi connectivity index (χ3v) is 5.67. The van der Waals surface area contributed by atoms with Gasteiger partial charge in [-0.15, -0.1) is 0 Å². The summed E-state index contributed by atoms with van der Waals surface area (Å²) in [7, 11) is 1.57. The maximum atomic E-state index is 13.0. The summed E-state index contributed by atoms with van der Waals surface area (Å²) in [4.78, 5) is 31.7. The van der Waals surface area contributed by atoms with Crippen molar-refractivity contribution in [3.05, 3.63) is 99.8 Å². The summed E-state index contributed by atoms with van der Waals surface area (Å²) in [6.07, 6.45) is 3.22. The summed E-state index contributed by atoms with van der Waals surface area (Å²) in [5.74, 6) is -0.956. The van der Waals surface area contributed by atoms with Gasteiger partial charge in [-0.05, 0) is 41.5 Å². The third-order valence-electron chi connectivity index (χ3n) is 5.14. The molecule has 6 nitrogen and oxygen atoms in total. The number of rotatable bonds is 5. The second kappa shape index (κ2) is 8.73. The van der Waals surface area contributed by atoms with Gasteiger partial charge in [0.25, 0.3) is 11.7 Å². The number of amides is 1. The maximum Gasteiger partial charge on any atom is 0.295 e. The molecular formula is C24H19BrN2O4. The van der Waals surface area contributed by atoms with Gasteiger partial charge >= 0.3 is 0 Å². The van der Waals surface area contributed by atoms with Crippen molar-refractivity contribution in [2.24, 2.45) is 0 Å². The van der Waals surface area contributed by atoms with Gasteiger partial charge in [-0.1, -0.05) is 46.3 Å². The molecule has 1 unspecified atom stereocenters. The van der Waals surface area contributed by atoms with Crippen LogP contribution in [-0.4, -0.2) is 33.8 Å². The van der Waals surface area contributed by atoms with Crippen LogP contribution in [-0.2, 0) is 16.1 Å². The van der Waals surface area contributed by atoms with Crippen molar-refractivity contribution in [2.75, 3.05) is 7.11 Å². The van der Waals surface area contributed by atoms with Gasteiger partial charge in [-0.25, -0.2) is 0 Å². The van der Waals surface area contributed by atoms with E-state index >= 15 is 0 Å². The molecule has 1 fully saturated rings. The molecular weight excluding hydrogens is 460 g/mol. The lowest BCUT2D eigenvalue weighted by Crippen LogP contribution is -2.29. The number of nitrogens with zero attached hydrogens (tertiary/aromatic N) is 2. The van der Waals surface area contributed by atoms with Gasteiger partial charge in [0.15, 0.2) is 0 Å². The Kier molecular flexibility index (Phi) is 5.86. The number of aliphatic hydroxyl groups is 1. The number of hydrogen-bond donors (Lipinski definition) is 1. The lowest BCUT2D eigenvalue weighted by molar-refractivity contribution is -0.140. The van der Waals surface area contributed by atoms with Crippen LogP contribution in [0.15, 0.2) is 83.1 Å². The number of ether oxygens (including phenoxy) is 1. The number of Topliss-reactive ketones (excluding diaryl/α,β-unsaturated/α-hetero) is 1. The molecule has 1 aliphatic heterocycles. The Labute approximate surface area is 187 Å². The fourth-order valence-corrected chi connectivity index (χ4v) is 3.92. The molecule has 0 saturated carbocycles. The first-order valence-corrected chi connectivity index (χ1v) is 10.4. The number of likely N-dealkylation sites (tertiary alicyclic amines) is 1. The zero-order valence-corrected chi connectivity index (χ0v) is 18.2. The van der Waals surface area contributed by atoms with Crippen LogP contribution in [0.2, 0.25) is 0 Å². The Bertz CT molecular complexity index is 1160. The summed E-state index contributed by atoms with van der Waals surface area (Å²) >= 11 is 3.36. The number of pyridine rings is 1. The van der Waals surface area contributed by atoms with Crippen molar-refractivity contribution in [1.82, 2.24) is 9.88 Å². The number of carbonyl (C=O) groups is 2. The topological polar surface area (TPSA) is 79.7 Å². The molecule has 1 aliphatic rings. The number of aliphatic hydroxyl groups excluding tert-OH is 1. The van der Waals surface area contributed by atoms with Crippen LogP contribution in [0.25, 0.3) is 5.76 Å². The Morgan fingerprint density at radius 3 is 2.58 bits per heavy atom. The first-order chi connectivity index (χ1) is 15.0. The highest BCUT2D eigenvalue weighted by atomic mass is 79.9. The quantitative estimate of drug-likeness (QED) is 0.332. The van der Waals surface area contributed by atoms with Gasteiger partial charge in [0.2, 0.25) is 0 Å². The van der Waals surface area contributed by atoms with E-state index in [0.717, 1.165) is 10.0 Å². The van der Waals surface area contributed by atoms with E-state index < -0.39 is 17.7 Å². The summed E-state index contributed by atoms with van der Waals surface area (Å²) in [6.45, 7) is 0.179. The van der Waals surface area contributed by atoms with E-state index in [2.05, 4.69) is 20.9 Å². The predicted molar refractivity (Wildman–Crippen MR) is 119 cm³/mol. The van der Waals surface area contributed by atoms with Crippen molar-refractivity contribution in [3.63, 3.8) is 0 Å². The Hall–Kier alpha value is -3.45. The Morgan fingerprint density at radius 1 is 1.13 bits per heavy atom. The van der Waals surface area contributed by atoms with Gasteiger partial charge in [-0.3, -0.25) is 14.6 Å². The number of methoxy groups -OCH3 is 1. The second-order valence-electron chi connectivity index (χ2n) is 7.07. The number of hydrogen-bond acceptors (Lipinski definition) is 5. The van der Waals surface area contributed by atoms with Crippen molar-refractivity contribution in [1.29, 1.82) is 0 Å². The highest BCUT2D eigenvalue weighted by Gasteiger charge is 2.46. The number of aromatic nitrogens is 1. The van der Waals surface area contributed by atoms with E-state index in [4.69, 9.17) is 4.74 Å². The van der Waals surface area contributed by atoms with Crippen LogP contribution in [0.4, 0.5) is 0 Å². The fraction of sp³-hybridized carbons (Fsp3) is 0.125. The average molecular weight is 479 g/mol. The second-order valence-corrected chi connectivity index (χ2v) is 7.99. The van der Waals surface area contributed by atoms with Crippen LogP contribution in [0, 0.1) is 0 Å². The van der Waals surface area contributed by atoms with E-state index in [0.29, 0.717) is 16.9 Å². The number of ketones is 1. The normalized spacial score (nSPS) is 17.7. The molecule has 1 aromatic heterocycles. The van der Waals surface area contributed by atoms with Gasteiger partial charge in [0.1, 0.15) is 11.5 Å². The Morgan fingerprint density at radius 2 is 1.90 bits per heavy atom. The first kappa shape index (κ1) is 20.8. The minimum atomic E-state index is -0.761. The molecule has 4 rings (SSSR count). The molecule has 1 amide bonds. The molecule has 0 bridgehead atoms. The zero-order valence-electron chi connectivity index (χ0n) is 16.7. The van der Waals surface area contributed by atoms with E-state index in [1.165, 1.54) is 4.90 Å². The summed E-state index contributed by atoms with van der Waals surface area (Å²) in [6, 6.07) is 17.0. The summed E-state index contributed by atoms with van der Waals surface area (Å²) < 4.78 is 6.11. The number of benzene rings is 2. The Balaban J connectivity index is 1.83. The lowest BCUT2D eigenvalue weighted by atomic mass is 9.96. The predicted octanol–water partition coefficient (Wildman–Crippen LogP) is 4.47. The van der Waals surface area contributed by atoms with Gasteiger partial charge in [-0.2, -0.15) is 0 Å². The monoisotopic (exact) mass is 478 g/mol. The molecule has 3 aromatic rings. The van der Waals surface area contributed by atoms with E-state index in [-0.39, 0.29) is 17.9 Å². The minimum absolute atomic E-state index is 0.0446. The van der Waals surface area contributed by atoms with Crippen molar-refractivity contribution >= 4 is 33.4 Å². The van der Waals surface area contributed by atoms with E-state index in [9.17, 15) is 14.7 Å². The van der Waals surface area contributed by atoms with E-state index in [1.807, 2.05) is 24.3 Å². The molecule has 0 radical (unpaired) electrons. The standard InChI is InChI=1S/C24H19BrN2O4/c1-31-19-6-2-4-15(12-19)14-27-21(17-5-3-11-26-13-17)20(23(29)24(27)30)22(28)16-7-9-18(25)10-8-16/h2-13,21,28H,14H2,1H3/b22-20-. The van der Waals surface area contributed by atoms with Gasteiger partial charge in [0, 0.05) is 29.0 Å². The summed E-state index contributed by atoms with van der Waals surface area (Å²) in [5.41, 5.74) is 1.95. The molecule has 0 spiro atoms. The third kappa shape index (κ3) is 4.09. The maximum absolute atomic E-state index is 13.0. The van der Waals surface area contributed by atoms with Crippen LogP contribution in [0.5, 0.6) is 5.75 Å². The molecule has 1 atom stereocenters. The summed E-state index contributed by atoms with van der Waals surface area (Å²) in [5, 5.41) is 11.0. The lowest BCUT2D eigenvalue weighted by Gasteiger charge is -2.25. The molecule has 0 aliphatic carbocycles. The molecule has 1 N–H and O–H groups in total. The van der Waals surface area contributed by atoms with Gasteiger partial charge in [0.05, 0.1) is 18.7 Å². The fourth-order valence-electron chi connectivity index (χ4n) is 3.66. The van der Waals surface area contributed by atoms with E-state index in [1.54, 1.807) is 55.9 Å². The van der Waals surface area contributed by atoms with Gasteiger partial charge < -0.3 is 14.7 Å². The van der Waals surface area contributed by atoms with Crippen molar-refractivity contribution in [3.8, 4) is 5.75 Å². The average Bonchev–Trinajstić information content (AvgIpc) is 3.04. The molecule has 7 heteroatoms. The number of halogens is 1. The highest BCUT2D eigenvalue weighted by molar-refractivity contribution is 9.10. The highest BCUT2D eigenvalue weighted by Crippen LogP contribution is 2.40. The van der Waals surface area contributed by atoms with Crippen LogP contribution >= 0.6 is 15.9 Å². The molecule has 2 heterocycles. The zero-order chi connectivity index (χ0) is 22.0. The van der Waals surface area contributed by atoms with Crippen molar-refractivity contribution in [2.45, 2.75) is 12.6 Å². The molecule has 156 valence electrons. The molecule has 1 saturated heterocycles. The van der Waals surface area contributed by atoms with Crippen LogP contribution in [0.3, 0.4) is 0 Å². The molecule has 2 aromatic carbocycles. The molecule has 31 heavy (non-hydrogen) atoms. The van der Waals surface area contributed by atoms with Crippen molar-refractivity contribution < 1.29 is 19.4 Å². The first-order valence-electron chi connectivity index (χ1n) is 9.57.